The Morgan fingerprint density at radius 3 is 2.94 bits per heavy atom. The number of halogens is 1. The van der Waals surface area contributed by atoms with Crippen LogP contribution in [0.1, 0.15) is 44.7 Å². The molecule has 102 valence electrons. The molecule has 1 aromatic rings. The van der Waals surface area contributed by atoms with Crippen molar-refractivity contribution in [2.45, 2.75) is 45.2 Å². The van der Waals surface area contributed by atoms with Crippen LogP contribution >= 0.6 is 22.9 Å². The van der Waals surface area contributed by atoms with Gasteiger partial charge in [0.25, 0.3) is 0 Å². The third kappa shape index (κ3) is 3.70. The lowest BCUT2D eigenvalue weighted by atomic mass is 10.0. The molecular formula is C14H23ClN2S. The topological polar surface area (TPSA) is 15.3 Å². The van der Waals surface area contributed by atoms with Crippen molar-refractivity contribution < 1.29 is 0 Å². The quantitative estimate of drug-likeness (QED) is 0.882. The molecule has 2 nitrogen and oxygen atoms in total. The zero-order chi connectivity index (χ0) is 13.0. The minimum absolute atomic E-state index is 0.461. The highest BCUT2D eigenvalue weighted by molar-refractivity contribution is 7.14. The third-order valence-corrected chi connectivity index (χ3v) is 5.00. The fourth-order valence-corrected chi connectivity index (χ4v) is 3.65. The van der Waals surface area contributed by atoms with Crippen molar-refractivity contribution >= 4 is 22.9 Å². The van der Waals surface area contributed by atoms with Crippen molar-refractivity contribution in [3.05, 3.63) is 21.3 Å². The Labute approximate surface area is 119 Å². The summed E-state index contributed by atoms with van der Waals surface area (Å²) in [4.78, 5) is 2.54. The summed E-state index contributed by atoms with van der Waals surface area (Å²) < 4.78 is 0.892. The number of nitrogens with zero attached hydrogens (tertiary/aromatic N) is 1. The first-order chi connectivity index (χ1) is 8.70. The largest absolute Gasteiger partial charge is 0.313 e. The molecule has 2 rings (SSSR count). The lowest BCUT2D eigenvalue weighted by Gasteiger charge is -2.33. The first-order valence-electron chi connectivity index (χ1n) is 6.92. The fraction of sp³-hybridized carbons (Fsp3) is 0.714. The van der Waals surface area contributed by atoms with Crippen LogP contribution in [0.2, 0.25) is 4.34 Å². The molecule has 0 radical (unpaired) electrons. The predicted octanol–water partition coefficient (Wildman–Crippen LogP) is 3.93. The number of hydrogen-bond donors (Lipinski definition) is 1. The van der Waals surface area contributed by atoms with Gasteiger partial charge in [-0.2, -0.15) is 0 Å². The Morgan fingerprint density at radius 2 is 2.39 bits per heavy atom. The van der Waals surface area contributed by atoms with E-state index in [9.17, 15) is 0 Å². The second-order valence-electron chi connectivity index (χ2n) is 5.09. The SMILES string of the molecule is CCN(CC1CCCCN1)C(C)c1csc(Cl)c1. The number of hydrogen-bond acceptors (Lipinski definition) is 3. The average molecular weight is 287 g/mol. The van der Waals surface area contributed by atoms with Crippen LogP contribution in [0.5, 0.6) is 0 Å². The molecule has 1 saturated heterocycles. The molecule has 1 aromatic heterocycles. The van der Waals surface area contributed by atoms with E-state index in [1.807, 2.05) is 0 Å². The molecule has 0 bridgehead atoms. The van der Waals surface area contributed by atoms with Gasteiger partial charge < -0.3 is 5.32 Å². The van der Waals surface area contributed by atoms with Crippen molar-refractivity contribution in [2.24, 2.45) is 0 Å². The van der Waals surface area contributed by atoms with Crippen LogP contribution in [0.15, 0.2) is 11.4 Å². The molecule has 1 fully saturated rings. The van der Waals surface area contributed by atoms with E-state index in [2.05, 4.69) is 35.5 Å². The Morgan fingerprint density at radius 1 is 1.56 bits per heavy atom. The Hall–Kier alpha value is -0.0900. The zero-order valence-corrected chi connectivity index (χ0v) is 12.9. The molecule has 0 saturated carbocycles. The summed E-state index contributed by atoms with van der Waals surface area (Å²) in [5, 5.41) is 5.81. The molecule has 2 unspecified atom stereocenters. The summed E-state index contributed by atoms with van der Waals surface area (Å²) in [7, 11) is 0. The van der Waals surface area contributed by atoms with Crippen molar-refractivity contribution in [1.82, 2.24) is 10.2 Å². The number of nitrogens with one attached hydrogen (secondary N) is 1. The molecule has 0 amide bonds. The van der Waals surface area contributed by atoms with Crippen LogP contribution in [0, 0.1) is 0 Å². The van der Waals surface area contributed by atoms with E-state index in [-0.39, 0.29) is 0 Å². The van der Waals surface area contributed by atoms with E-state index < -0.39 is 0 Å². The maximum absolute atomic E-state index is 6.03. The van der Waals surface area contributed by atoms with Gasteiger partial charge in [0, 0.05) is 18.6 Å². The molecule has 18 heavy (non-hydrogen) atoms. The van der Waals surface area contributed by atoms with Gasteiger partial charge in [0.1, 0.15) is 0 Å². The van der Waals surface area contributed by atoms with Crippen LogP contribution in [-0.4, -0.2) is 30.6 Å². The lowest BCUT2D eigenvalue weighted by molar-refractivity contribution is 0.185. The van der Waals surface area contributed by atoms with Gasteiger partial charge >= 0.3 is 0 Å². The highest BCUT2D eigenvalue weighted by atomic mass is 35.5. The third-order valence-electron chi connectivity index (χ3n) is 3.89. The van der Waals surface area contributed by atoms with Crippen molar-refractivity contribution in [3.63, 3.8) is 0 Å². The molecule has 1 aliphatic heterocycles. The summed E-state index contributed by atoms with van der Waals surface area (Å²) in [5.74, 6) is 0. The minimum atomic E-state index is 0.461. The molecular weight excluding hydrogens is 264 g/mol. The maximum atomic E-state index is 6.03. The van der Waals surface area contributed by atoms with E-state index in [1.165, 1.54) is 31.4 Å². The van der Waals surface area contributed by atoms with E-state index in [0.29, 0.717) is 12.1 Å². The van der Waals surface area contributed by atoms with Gasteiger partial charge in [-0.15, -0.1) is 11.3 Å². The van der Waals surface area contributed by atoms with Gasteiger partial charge in [-0.1, -0.05) is 24.9 Å². The molecule has 2 heterocycles. The molecule has 1 N–H and O–H groups in total. The zero-order valence-electron chi connectivity index (χ0n) is 11.3. The van der Waals surface area contributed by atoms with Gasteiger partial charge in [-0.25, -0.2) is 0 Å². The van der Waals surface area contributed by atoms with Crippen LogP contribution in [0.4, 0.5) is 0 Å². The van der Waals surface area contributed by atoms with E-state index in [1.54, 1.807) is 11.3 Å². The second-order valence-corrected chi connectivity index (χ2v) is 6.64. The monoisotopic (exact) mass is 286 g/mol. The van der Waals surface area contributed by atoms with Gasteiger partial charge in [-0.3, -0.25) is 4.90 Å². The van der Waals surface area contributed by atoms with Crippen LogP contribution in [0.3, 0.4) is 0 Å². The second kappa shape index (κ2) is 6.90. The van der Waals surface area contributed by atoms with Gasteiger partial charge in [0.2, 0.25) is 0 Å². The van der Waals surface area contributed by atoms with Gasteiger partial charge in [0.15, 0.2) is 0 Å². The number of piperidine rings is 1. The molecule has 1 aliphatic rings. The van der Waals surface area contributed by atoms with Crippen molar-refractivity contribution in [3.8, 4) is 0 Å². The number of rotatable bonds is 5. The fourth-order valence-electron chi connectivity index (χ4n) is 2.68. The smallest absolute Gasteiger partial charge is 0.0931 e. The number of likely N-dealkylation sites (N-methyl/N-ethyl adjacent to an activating group) is 1. The summed E-state index contributed by atoms with van der Waals surface area (Å²) in [5.41, 5.74) is 1.35. The van der Waals surface area contributed by atoms with Crippen molar-refractivity contribution in [1.29, 1.82) is 0 Å². The predicted molar refractivity (Wildman–Crippen MR) is 80.6 cm³/mol. The Balaban J connectivity index is 1.94. The van der Waals surface area contributed by atoms with E-state index >= 15 is 0 Å². The molecule has 0 aliphatic carbocycles. The Kier molecular flexibility index (Phi) is 5.49. The minimum Gasteiger partial charge on any atom is -0.313 e. The summed E-state index contributed by atoms with van der Waals surface area (Å²) in [6, 6.07) is 3.23. The summed E-state index contributed by atoms with van der Waals surface area (Å²) >= 11 is 7.66. The summed E-state index contributed by atoms with van der Waals surface area (Å²) in [6.07, 6.45) is 4.01. The molecule has 0 aromatic carbocycles. The standard InChI is InChI=1S/C14H23ClN2S/c1-3-17(9-13-6-4-5-7-16-13)11(2)12-8-14(15)18-10-12/h8,10-11,13,16H,3-7,9H2,1-2H3. The summed E-state index contributed by atoms with van der Waals surface area (Å²) in [6.45, 7) is 7.94. The van der Waals surface area contributed by atoms with Crippen LogP contribution in [-0.2, 0) is 0 Å². The van der Waals surface area contributed by atoms with Crippen LogP contribution in [0.25, 0.3) is 0 Å². The van der Waals surface area contributed by atoms with Crippen molar-refractivity contribution in [2.75, 3.05) is 19.6 Å². The first-order valence-corrected chi connectivity index (χ1v) is 8.17. The molecule has 2 atom stereocenters. The van der Waals surface area contributed by atoms with Crippen LogP contribution < -0.4 is 5.32 Å². The lowest BCUT2D eigenvalue weighted by Crippen LogP contribution is -2.44. The number of thiophene rings is 1. The van der Waals surface area contributed by atoms with E-state index in [4.69, 9.17) is 11.6 Å². The van der Waals surface area contributed by atoms with Gasteiger partial charge in [0.05, 0.1) is 4.34 Å². The maximum Gasteiger partial charge on any atom is 0.0931 e. The average Bonchev–Trinajstić information content (AvgIpc) is 2.83. The highest BCUT2D eigenvalue weighted by Crippen LogP contribution is 2.28. The highest BCUT2D eigenvalue weighted by Gasteiger charge is 2.20. The van der Waals surface area contributed by atoms with E-state index in [0.717, 1.165) is 17.4 Å². The normalized spacial score (nSPS) is 22.3. The Bertz CT molecular complexity index is 360. The first kappa shape index (κ1) is 14.3. The van der Waals surface area contributed by atoms with Gasteiger partial charge in [-0.05, 0) is 49.9 Å². The molecule has 4 heteroatoms. The molecule has 0 spiro atoms.